The van der Waals surface area contributed by atoms with E-state index < -0.39 is 10.3 Å². The molecule has 2 aromatic rings. The third-order valence-electron chi connectivity index (χ3n) is 3.35. The Bertz CT molecular complexity index is 516. The van der Waals surface area contributed by atoms with Gasteiger partial charge in [0.15, 0.2) is 0 Å². The van der Waals surface area contributed by atoms with E-state index in [4.69, 9.17) is 4.18 Å². The Balaban J connectivity index is 2.72. The zero-order valence-electron chi connectivity index (χ0n) is 13.7. The molecule has 0 unspecified atom stereocenters. The van der Waals surface area contributed by atoms with Crippen molar-refractivity contribution in [2.45, 2.75) is 55.3 Å². The number of benzene rings is 2. The van der Waals surface area contributed by atoms with Crippen molar-refractivity contribution < 1.29 is 4.18 Å². The fraction of sp³-hybridized carbons (Fsp3) is 0.368. The standard InChI is InChI=1S/C19H26OS/c1-16(2)20-21(19(3,4)5,17-12-8-6-9-13-17)18-14-10-7-11-15-18/h6-16H,1-5H3. The monoisotopic (exact) mass is 302 g/mol. The molecule has 2 heteroatoms. The molecule has 0 saturated carbocycles. The van der Waals surface area contributed by atoms with Crippen molar-refractivity contribution in [3.63, 3.8) is 0 Å². The smallest absolute Gasteiger partial charge is 0.0653 e. The third-order valence-corrected chi connectivity index (χ3v) is 7.62. The molecule has 0 aromatic heterocycles. The van der Waals surface area contributed by atoms with Crippen molar-refractivity contribution in [2.75, 3.05) is 0 Å². The first kappa shape index (κ1) is 16.1. The van der Waals surface area contributed by atoms with Gasteiger partial charge in [-0.25, -0.2) is 0 Å². The molecule has 0 heterocycles. The van der Waals surface area contributed by atoms with Gasteiger partial charge in [0.1, 0.15) is 0 Å². The van der Waals surface area contributed by atoms with E-state index in [1.165, 1.54) is 9.79 Å². The first-order valence-corrected chi connectivity index (χ1v) is 9.05. The SMILES string of the molecule is CC(C)OS(c1ccccc1)(c1ccccc1)C(C)(C)C. The van der Waals surface area contributed by atoms with Crippen LogP contribution >= 0.6 is 10.3 Å². The lowest BCUT2D eigenvalue weighted by atomic mass is 10.3. The van der Waals surface area contributed by atoms with Crippen molar-refractivity contribution in [3.8, 4) is 0 Å². The van der Waals surface area contributed by atoms with E-state index >= 15 is 0 Å². The van der Waals surface area contributed by atoms with Crippen molar-refractivity contribution in [1.82, 2.24) is 0 Å². The van der Waals surface area contributed by atoms with Gasteiger partial charge in [0.2, 0.25) is 0 Å². The molecular weight excluding hydrogens is 276 g/mol. The Morgan fingerprint density at radius 2 is 1.14 bits per heavy atom. The molecule has 0 radical (unpaired) electrons. The Morgan fingerprint density at radius 1 is 0.762 bits per heavy atom. The summed E-state index contributed by atoms with van der Waals surface area (Å²) in [7, 11) is -1.57. The Kier molecular flexibility index (Phi) is 4.80. The van der Waals surface area contributed by atoms with E-state index in [1.807, 2.05) is 0 Å². The summed E-state index contributed by atoms with van der Waals surface area (Å²) in [5.41, 5.74) is 0. The molecule has 2 rings (SSSR count). The fourth-order valence-corrected chi connectivity index (χ4v) is 6.47. The third kappa shape index (κ3) is 3.17. The van der Waals surface area contributed by atoms with Crippen molar-refractivity contribution in [3.05, 3.63) is 60.7 Å². The van der Waals surface area contributed by atoms with Crippen LogP contribution in [0.15, 0.2) is 70.5 Å². The fourth-order valence-electron chi connectivity index (χ4n) is 2.61. The molecule has 0 aliphatic heterocycles. The zero-order valence-corrected chi connectivity index (χ0v) is 14.5. The maximum Gasteiger partial charge on any atom is 0.0653 e. The minimum absolute atomic E-state index is 0.0139. The maximum atomic E-state index is 6.66. The summed E-state index contributed by atoms with van der Waals surface area (Å²) < 4.78 is 6.67. The summed E-state index contributed by atoms with van der Waals surface area (Å²) in [4.78, 5) is 2.58. The quantitative estimate of drug-likeness (QED) is 0.668. The van der Waals surface area contributed by atoms with Crippen LogP contribution in [0.3, 0.4) is 0 Å². The van der Waals surface area contributed by atoms with E-state index in [9.17, 15) is 0 Å². The lowest BCUT2D eigenvalue weighted by Crippen LogP contribution is -2.29. The largest absolute Gasteiger partial charge is 0.325 e. The van der Waals surface area contributed by atoms with Gasteiger partial charge < -0.3 is 4.18 Å². The average molecular weight is 302 g/mol. The van der Waals surface area contributed by atoms with E-state index in [1.54, 1.807) is 0 Å². The highest BCUT2D eigenvalue weighted by Gasteiger charge is 2.41. The summed E-state index contributed by atoms with van der Waals surface area (Å²) in [6, 6.07) is 21.4. The van der Waals surface area contributed by atoms with E-state index in [2.05, 4.69) is 95.3 Å². The van der Waals surface area contributed by atoms with Crippen LogP contribution in [-0.2, 0) is 4.18 Å². The first-order valence-electron chi connectivity index (χ1n) is 7.49. The van der Waals surface area contributed by atoms with Gasteiger partial charge in [0, 0.05) is 14.5 Å². The van der Waals surface area contributed by atoms with Gasteiger partial charge in [-0.1, -0.05) is 46.7 Å². The second-order valence-corrected chi connectivity index (χ2v) is 9.91. The van der Waals surface area contributed by atoms with Gasteiger partial charge in [-0.05, 0) is 58.9 Å². The lowest BCUT2D eigenvalue weighted by molar-refractivity contribution is 0.265. The highest BCUT2D eigenvalue weighted by atomic mass is 32.3. The Morgan fingerprint density at radius 3 is 1.43 bits per heavy atom. The summed E-state index contributed by atoms with van der Waals surface area (Å²) in [5.74, 6) is 0. The van der Waals surface area contributed by atoms with Gasteiger partial charge in [-0.2, -0.15) is 0 Å². The Labute approximate surface area is 130 Å². The summed E-state index contributed by atoms with van der Waals surface area (Å²) in [6.45, 7) is 11.1. The molecule has 0 aliphatic rings. The molecule has 0 saturated heterocycles. The van der Waals surface area contributed by atoms with Gasteiger partial charge in [0.25, 0.3) is 0 Å². The second kappa shape index (κ2) is 6.25. The van der Waals surface area contributed by atoms with Crippen LogP contribution in [0, 0.1) is 0 Å². The molecule has 0 bridgehead atoms. The molecule has 0 spiro atoms. The highest BCUT2D eigenvalue weighted by Crippen LogP contribution is 2.71. The number of hydrogen-bond acceptors (Lipinski definition) is 1. The molecule has 0 atom stereocenters. The van der Waals surface area contributed by atoms with Gasteiger partial charge >= 0.3 is 0 Å². The molecule has 1 nitrogen and oxygen atoms in total. The lowest BCUT2D eigenvalue weighted by Gasteiger charge is -2.51. The summed E-state index contributed by atoms with van der Waals surface area (Å²) >= 11 is 0. The predicted molar refractivity (Wildman–Crippen MR) is 93.0 cm³/mol. The Hall–Kier alpha value is -1.25. The van der Waals surface area contributed by atoms with Crippen LogP contribution in [0.4, 0.5) is 0 Å². The number of hydrogen-bond donors (Lipinski definition) is 0. The van der Waals surface area contributed by atoms with Crippen molar-refractivity contribution in [1.29, 1.82) is 0 Å². The summed E-state index contributed by atoms with van der Waals surface area (Å²) in [5, 5.41) is 0. The van der Waals surface area contributed by atoms with Crippen LogP contribution in [0.2, 0.25) is 0 Å². The van der Waals surface area contributed by atoms with E-state index in [-0.39, 0.29) is 10.9 Å². The molecule has 21 heavy (non-hydrogen) atoms. The normalized spacial score (nSPS) is 13.4. The van der Waals surface area contributed by atoms with Crippen molar-refractivity contribution >= 4 is 10.3 Å². The van der Waals surface area contributed by atoms with Crippen LogP contribution in [0.1, 0.15) is 34.6 Å². The maximum absolute atomic E-state index is 6.66. The van der Waals surface area contributed by atoms with Crippen LogP contribution in [-0.4, -0.2) is 10.9 Å². The molecule has 0 fully saturated rings. The topological polar surface area (TPSA) is 9.23 Å². The van der Waals surface area contributed by atoms with E-state index in [0.717, 1.165) is 0 Å². The number of rotatable bonds is 4. The molecule has 2 aromatic carbocycles. The highest BCUT2D eigenvalue weighted by molar-refractivity contribution is 8.31. The van der Waals surface area contributed by atoms with Crippen molar-refractivity contribution in [2.24, 2.45) is 0 Å². The molecule has 114 valence electrons. The summed E-state index contributed by atoms with van der Waals surface area (Å²) in [6.07, 6.45) is 0.180. The molecule has 0 N–H and O–H groups in total. The minimum Gasteiger partial charge on any atom is -0.325 e. The zero-order chi connectivity index (χ0) is 15.5. The first-order chi connectivity index (χ1) is 9.88. The van der Waals surface area contributed by atoms with Gasteiger partial charge in [-0.3, -0.25) is 0 Å². The minimum atomic E-state index is -1.57. The molecule has 0 aliphatic carbocycles. The van der Waals surface area contributed by atoms with Gasteiger partial charge in [-0.15, -0.1) is 0 Å². The van der Waals surface area contributed by atoms with Gasteiger partial charge in [0.05, 0.1) is 6.10 Å². The molecular formula is C19H26OS. The van der Waals surface area contributed by atoms with E-state index in [0.29, 0.717) is 0 Å². The predicted octanol–water partition coefficient (Wildman–Crippen LogP) is 6.05. The van der Waals surface area contributed by atoms with Crippen LogP contribution in [0.25, 0.3) is 0 Å². The second-order valence-electron chi connectivity index (χ2n) is 6.44. The van der Waals surface area contributed by atoms with Crippen LogP contribution < -0.4 is 0 Å². The van der Waals surface area contributed by atoms with Crippen LogP contribution in [0.5, 0.6) is 0 Å². The average Bonchev–Trinajstić information content (AvgIpc) is 2.45. The molecule has 0 amide bonds.